The van der Waals surface area contributed by atoms with E-state index in [1.807, 2.05) is 61.5 Å². The van der Waals surface area contributed by atoms with Gasteiger partial charge in [-0.3, -0.25) is 9.69 Å². The Hall–Kier alpha value is -4.33. The molecule has 0 radical (unpaired) electrons. The number of benzene rings is 3. The molecule has 8 nitrogen and oxygen atoms in total. The molecular formula is C28H29N5O3. The molecule has 1 aliphatic heterocycles. The van der Waals surface area contributed by atoms with Crippen molar-refractivity contribution >= 4 is 45.1 Å². The summed E-state index contributed by atoms with van der Waals surface area (Å²) in [6.45, 7) is 4.97. The highest BCUT2D eigenvalue weighted by Gasteiger charge is 2.53. The van der Waals surface area contributed by atoms with Crippen molar-refractivity contribution in [3.05, 3.63) is 77.9 Å². The van der Waals surface area contributed by atoms with Crippen LogP contribution in [0.2, 0.25) is 0 Å². The van der Waals surface area contributed by atoms with Gasteiger partial charge in [0.25, 0.3) is 0 Å². The van der Waals surface area contributed by atoms with E-state index in [9.17, 15) is 9.59 Å². The minimum atomic E-state index is -1.42. The van der Waals surface area contributed by atoms with Crippen molar-refractivity contribution in [2.75, 3.05) is 19.0 Å². The van der Waals surface area contributed by atoms with Gasteiger partial charge in [-0.15, -0.1) is 0 Å². The van der Waals surface area contributed by atoms with Gasteiger partial charge in [-0.2, -0.15) is 0 Å². The van der Waals surface area contributed by atoms with E-state index in [-0.39, 0.29) is 13.0 Å². The van der Waals surface area contributed by atoms with E-state index in [1.165, 1.54) is 12.0 Å². The third kappa shape index (κ3) is 3.66. The lowest BCUT2D eigenvalue weighted by Gasteiger charge is -2.35. The average molecular weight is 484 g/mol. The molecular weight excluding hydrogens is 454 g/mol. The highest BCUT2D eigenvalue weighted by atomic mass is 16.6. The van der Waals surface area contributed by atoms with E-state index in [2.05, 4.69) is 34.1 Å². The van der Waals surface area contributed by atoms with Crippen LogP contribution >= 0.6 is 0 Å². The van der Waals surface area contributed by atoms with Gasteiger partial charge in [0.15, 0.2) is 5.54 Å². The lowest BCUT2D eigenvalue weighted by molar-refractivity contribution is -0.127. The van der Waals surface area contributed by atoms with Gasteiger partial charge in [-0.1, -0.05) is 41.6 Å². The number of rotatable bonds is 5. The average Bonchev–Trinajstić information content (AvgIpc) is 3.41. The number of nitrogens with two attached hydrogens (primary N) is 1. The van der Waals surface area contributed by atoms with Crippen molar-refractivity contribution in [2.45, 2.75) is 32.4 Å². The molecule has 0 saturated carbocycles. The summed E-state index contributed by atoms with van der Waals surface area (Å²) in [7, 11) is 1.44. The number of primary amides is 1. The van der Waals surface area contributed by atoms with E-state index in [4.69, 9.17) is 10.6 Å². The molecule has 3 aromatic carbocycles. The number of fused-ring (bicyclic) bond motifs is 3. The standard InChI is InChI=1S/C28H29N5O3/c1-4-32-24-11-6-5-10-22(24)23-15-19(12-13-25(23)32)28(26(29)34)16-21(31-36-3)17-33(28)27(35)30-20-9-7-8-18(2)14-20/h5-15H,4,16-17H2,1-3H3,(H2,29,34)(H,30,35). The molecule has 184 valence electrons. The predicted octanol–water partition coefficient (Wildman–Crippen LogP) is 4.74. The number of anilines is 1. The van der Waals surface area contributed by atoms with E-state index in [0.29, 0.717) is 17.0 Å². The number of hydrogen-bond acceptors (Lipinski definition) is 4. The van der Waals surface area contributed by atoms with Crippen LogP contribution in [-0.2, 0) is 21.7 Å². The lowest BCUT2D eigenvalue weighted by atomic mass is 9.85. The Morgan fingerprint density at radius 1 is 1.06 bits per heavy atom. The van der Waals surface area contributed by atoms with Gasteiger partial charge in [0.05, 0.1) is 12.3 Å². The zero-order valence-electron chi connectivity index (χ0n) is 20.6. The smallest absolute Gasteiger partial charge is 0.323 e. The summed E-state index contributed by atoms with van der Waals surface area (Å²) in [5, 5.41) is 9.10. The molecule has 3 amide bonds. The largest absolute Gasteiger partial charge is 0.399 e. The van der Waals surface area contributed by atoms with E-state index >= 15 is 0 Å². The topological polar surface area (TPSA) is 102 Å². The summed E-state index contributed by atoms with van der Waals surface area (Å²) in [5.74, 6) is -0.623. The van der Waals surface area contributed by atoms with Gasteiger partial charge >= 0.3 is 6.03 Å². The van der Waals surface area contributed by atoms with E-state index in [1.54, 1.807) is 0 Å². The maximum atomic E-state index is 13.6. The van der Waals surface area contributed by atoms with Gasteiger partial charge in [0.2, 0.25) is 5.91 Å². The number of para-hydroxylation sites is 1. The molecule has 2 heterocycles. The third-order valence-corrected chi connectivity index (χ3v) is 6.97. The second kappa shape index (κ2) is 9.03. The van der Waals surface area contributed by atoms with Gasteiger partial charge in [0, 0.05) is 40.5 Å². The van der Waals surface area contributed by atoms with Crippen molar-refractivity contribution in [1.29, 1.82) is 0 Å². The molecule has 1 saturated heterocycles. The van der Waals surface area contributed by atoms with E-state index in [0.717, 1.165) is 33.9 Å². The fourth-order valence-electron chi connectivity index (χ4n) is 5.39. The molecule has 3 N–H and O–H groups in total. The molecule has 1 aliphatic rings. The number of likely N-dealkylation sites (tertiary alicyclic amines) is 1. The first kappa shape index (κ1) is 23.4. The summed E-state index contributed by atoms with van der Waals surface area (Å²) in [5.41, 5.74) is 9.69. The van der Waals surface area contributed by atoms with Crippen molar-refractivity contribution in [2.24, 2.45) is 10.9 Å². The summed E-state index contributed by atoms with van der Waals surface area (Å²) >= 11 is 0. The second-order valence-corrected chi connectivity index (χ2v) is 9.12. The van der Waals surface area contributed by atoms with Crippen LogP contribution in [0.1, 0.15) is 24.5 Å². The minimum Gasteiger partial charge on any atom is -0.399 e. The maximum absolute atomic E-state index is 13.6. The number of nitrogens with zero attached hydrogens (tertiary/aromatic N) is 3. The van der Waals surface area contributed by atoms with Crippen LogP contribution in [0.25, 0.3) is 21.8 Å². The predicted molar refractivity (Wildman–Crippen MR) is 142 cm³/mol. The Morgan fingerprint density at radius 3 is 2.56 bits per heavy atom. The van der Waals surface area contributed by atoms with Gasteiger partial charge < -0.3 is 20.5 Å². The lowest BCUT2D eigenvalue weighted by Crippen LogP contribution is -2.54. The first-order valence-corrected chi connectivity index (χ1v) is 11.9. The van der Waals surface area contributed by atoms with Crippen molar-refractivity contribution in [3.8, 4) is 0 Å². The fourth-order valence-corrected chi connectivity index (χ4v) is 5.39. The summed E-state index contributed by atoms with van der Waals surface area (Å²) in [4.78, 5) is 33.3. The Labute approximate surface area is 209 Å². The minimum absolute atomic E-state index is 0.114. The van der Waals surface area contributed by atoms with Crippen LogP contribution in [-0.4, -0.2) is 40.8 Å². The molecule has 5 rings (SSSR count). The van der Waals surface area contributed by atoms with Crippen molar-refractivity contribution < 1.29 is 14.4 Å². The number of hydrogen-bond donors (Lipinski definition) is 2. The zero-order valence-corrected chi connectivity index (χ0v) is 20.6. The molecule has 1 fully saturated rings. The van der Waals surface area contributed by atoms with Crippen molar-refractivity contribution in [3.63, 3.8) is 0 Å². The monoisotopic (exact) mass is 483 g/mol. The van der Waals surface area contributed by atoms with Crippen LogP contribution in [0, 0.1) is 6.92 Å². The molecule has 1 aromatic heterocycles. The molecule has 1 atom stereocenters. The van der Waals surface area contributed by atoms with Crippen LogP contribution < -0.4 is 11.1 Å². The first-order valence-electron chi connectivity index (χ1n) is 11.9. The Balaban J connectivity index is 1.67. The SMILES string of the molecule is CCn1c2ccccc2c2cc(C3(C(N)=O)CC(=NOC)CN3C(=O)Nc3cccc(C)c3)ccc21. The number of oxime groups is 1. The molecule has 8 heteroatoms. The Kier molecular flexibility index (Phi) is 5.88. The second-order valence-electron chi connectivity index (χ2n) is 9.12. The zero-order chi connectivity index (χ0) is 25.4. The number of aromatic nitrogens is 1. The summed E-state index contributed by atoms with van der Waals surface area (Å²) in [6, 6.07) is 21.1. The number of amides is 3. The first-order chi connectivity index (χ1) is 17.4. The molecule has 1 unspecified atom stereocenters. The van der Waals surface area contributed by atoms with Crippen LogP contribution in [0.3, 0.4) is 0 Å². The number of nitrogens with one attached hydrogen (secondary N) is 1. The highest BCUT2D eigenvalue weighted by molar-refractivity contribution is 6.10. The number of aryl methyl sites for hydroxylation is 2. The number of urea groups is 1. The Morgan fingerprint density at radius 2 is 1.83 bits per heavy atom. The fraction of sp³-hybridized carbons (Fsp3) is 0.250. The van der Waals surface area contributed by atoms with Crippen LogP contribution in [0.15, 0.2) is 71.9 Å². The maximum Gasteiger partial charge on any atom is 0.323 e. The van der Waals surface area contributed by atoms with E-state index < -0.39 is 17.5 Å². The summed E-state index contributed by atoms with van der Waals surface area (Å²) < 4.78 is 2.24. The number of carbonyl (C=O) groups excluding carboxylic acids is 2. The Bertz CT molecular complexity index is 1520. The van der Waals surface area contributed by atoms with Crippen LogP contribution in [0.4, 0.5) is 10.5 Å². The molecule has 0 bridgehead atoms. The summed E-state index contributed by atoms with van der Waals surface area (Å²) in [6.07, 6.45) is 0.148. The molecule has 4 aromatic rings. The quantitative estimate of drug-likeness (QED) is 0.401. The number of carbonyl (C=O) groups is 2. The normalized spacial score (nSPS) is 18.8. The van der Waals surface area contributed by atoms with Crippen LogP contribution in [0.5, 0.6) is 0 Å². The molecule has 36 heavy (non-hydrogen) atoms. The molecule has 0 spiro atoms. The van der Waals surface area contributed by atoms with Gasteiger partial charge in [-0.25, -0.2) is 4.79 Å². The molecule has 0 aliphatic carbocycles. The van der Waals surface area contributed by atoms with Gasteiger partial charge in [-0.05, 0) is 55.3 Å². The van der Waals surface area contributed by atoms with Gasteiger partial charge in [0.1, 0.15) is 7.11 Å². The highest BCUT2D eigenvalue weighted by Crippen LogP contribution is 2.41. The third-order valence-electron chi connectivity index (χ3n) is 6.97. The van der Waals surface area contributed by atoms with Crippen molar-refractivity contribution in [1.82, 2.24) is 9.47 Å².